The Labute approximate surface area is 188 Å². The SMILES string of the molecule is Cc1cccc(CN2CCN(C(=O)c3ccc(COc4ccc(Cl)cc4C)o3)CC2)c1. The molecule has 3 aromatic rings. The molecular formula is C25H27ClN2O3. The van der Waals surface area contributed by atoms with E-state index in [-0.39, 0.29) is 12.5 Å². The second-order valence-electron chi connectivity index (χ2n) is 8.02. The zero-order valence-corrected chi connectivity index (χ0v) is 18.7. The number of hydrogen-bond acceptors (Lipinski definition) is 4. The first-order chi connectivity index (χ1) is 15.0. The molecule has 1 saturated heterocycles. The molecule has 31 heavy (non-hydrogen) atoms. The van der Waals surface area contributed by atoms with E-state index >= 15 is 0 Å². The smallest absolute Gasteiger partial charge is 0.289 e. The van der Waals surface area contributed by atoms with E-state index in [1.165, 1.54) is 11.1 Å². The summed E-state index contributed by atoms with van der Waals surface area (Å²) in [7, 11) is 0. The van der Waals surface area contributed by atoms with E-state index in [4.69, 9.17) is 20.8 Å². The number of amides is 1. The minimum Gasteiger partial charge on any atom is -0.485 e. The van der Waals surface area contributed by atoms with Gasteiger partial charge in [-0.15, -0.1) is 0 Å². The van der Waals surface area contributed by atoms with E-state index in [1.54, 1.807) is 18.2 Å². The van der Waals surface area contributed by atoms with Crippen molar-refractivity contribution in [3.63, 3.8) is 0 Å². The normalized spacial score (nSPS) is 14.6. The lowest BCUT2D eigenvalue weighted by atomic mass is 10.1. The molecule has 4 rings (SSSR count). The zero-order chi connectivity index (χ0) is 21.8. The Morgan fingerprint density at radius 1 is 1.03 bits per heavy atom. The number of halogens is 1. The maximum absolute atomic E-state index is 12.8. The Kier molecular flexibility index (Phi) is 6.64. The van der Waals surface area contributed by atoms with Crippen LogP contribution in [0, 0.1) is 13.8 Å². The van der Waals surface area contributed by atoms with Gasteiger partial charge in [0.25, 0.3) is 5.91 Å². The van der Waals surface area contributed by atoms with E-state index < -0.39 is 0 Å². The molecule has 2 aromatic carbocycles. The summed E-state index contributed by atoms with van der Waals surface area (Å²) in [6, 6.07) is 17.6. The predicted molar refractivity (Wildman–Crippen MR) is 122 cm³/mol. The lowest BCUT2D eigenvalue weighted by molar-refractivity contribution is 0.0594. The van der Waals surface area contributed by atoms with Gasteiger partial charge in [0.1, 0.15) is 18.1 Å². The molecule has 1 aromatic heterocycles. The maximum atomic E-state index is 12.8. The number of furan rings is 1. The van der Waals surface area contributed by atoms with E-state index in [0.717, 1.165) is 30.9 Å². The average Bonchev–Trinajstić information content (AvgIpc) is 3.22. The molecule has 5 nitrogen and oxygen atoms in total. The van der Waals surface area contributed by atoms with Crippen LogP contribution in [0.3, 0.4) is 0 Å². The van der Waals surface area contributed by atoms with Crippen molar-refractivity contribution >= 4 is 17.5 Å². The molecule has 6 heteroatoms. The van der Waals surface area contributed by atoms with Crippen LogP contribution in [0.25, 0.3) is 0 Å². The summed E-state index contributed by atoms with van der Waals surface area (Å²) < 4.78 is 11.6. The summed E-state index contributed by atoms with van der Waals surface area (Å²) in [4.78, 5) is 17.1. The molecule has 0 atom stereocenters. The number of benzene rings is 2. The van der Waals surface area contributed by atoms with Crippen LogP contribution in [0.2, 0.25) is 5.02 Å². The molecule has 0 aliphatic carbocycles. The van der Waals surface area contributed by atoms with Crippen LogP contribution in [0.15, 0.2) is 59.0 Å². The Hall–Kier alpha value is -2.76. The summed E-state index contributed by atoms with van der Waals surface area (Å²) in [5, 5.41) is 0.676. The van der Waals surface area contributed by atoms with Gasteiger partial charge in [0.05, 0.1) is 0 Å². The first-order valence-corrected chi connectivity index (χ1v) is 10.9. The van der Waals surface area contributed by atoms with Gasteiger partial charge in [-0.3, -0.25) is 9.69 Å². The first-order valence-electron chi connectivity index (χ1n) is 10.5. The number of nitrogens with zero attached hydrogens (tertiary/aromatic N) is 2. The van der Waals surface area contributed by atoms with Gasteiger partial charge >= 0.3 is 0 Å². The fourth-order valence-corrected chi connectivity index (χ4v) is 4.05. The highest BCUT2D eigenvalue weighted by Crippen LogP contribution is 2.23. The number of hydrogen-bond donors (Lipinski definition) is 0. The summed E-state index contributed by atoms with van der Waals surface area (Å²) in [6.45, 7) is 8.33. The number of carbonyl (C=O) groups excluding carboxylic acids is 1. The van der Waals surface area contributed by atoms with Crippen LogP contribution >= 0.6 is 11.6 Å². The van der Waals surface area contributed by atoms with Crippen LogP contribution in [0.4, 0.5) is 0 Å². The number of carbonyl (C=O) groups is 1. The molecule has 0 unspecified atom stereocenters. The van der Waals surface area contributed by atoms with Gasteiger partial charge in [0, 0.05) is 37.7 Å². The molecule has 1 aliphatic heterocycles. The highest BCUT2D eigenvalue weighted by Gasteiger charge is 2.24. The standard InChI is InChI=1S/C25H27ClN2O3/c1-18-4-3-5-20(14-18)16-27-10-12-28(13-11-27)25(29)24-9-7-22(31-24)17-30-23-8-6-21(26)15-19(23)2/h3-9,14-15H,10-13,16-17H2,1-2H3. The summed E-state index contributed by atoms with van der Waals surface area (Å²) in [5.41, 5.74) is 3.54. The van der Waals surface area contributed by atoms with Crippen LogP contribution in [0.1, 0.15) is 33.0 Å². The first kappa shape index (κ1) is 21.5. The molecule has 0 saturated carbocycles. The predicted octanol–water partition coefficient (Wildman–Crippen LogP) is 5.09. The summed E-state index contributed by atoms with van der Waals surface area (Å²) >= 11 is 5.98. The van der Waals surface area contributed by atoms with E-state index in [2.05, 4.69) is 36.1 Å². The Morgan fingerprint density at radius 2 is 1.84 bits per heavy atom. The number of aryl methyl sites for hydroxylation is 2. The van der Waals surface area contributed by atoms with Crippen molar-refractivity contribution in [3.8, 4) is 5.75 Å². The second-order valence-corrected chi connectivity index (χ2v) is 8.46. The van der Waals surface area contributed by atoms with Crippen molar-refractivity contribution in [2.45, 2.75) is 27.0 Å². The molecule has 0 radical (unpaired) electrons. The molecule has 0 N–H and O–H groups in total. The van der Waals surface area contributed by atoms with Gasteiger partial charge < -0.3 is 14.1 Å². The third kappa shape index (κ3) is 5.49. The van der Waals surface area contributed by atoms with Crippen LogP contribution in [-0.2, 0) is 13.2 Å². The average molecular weight is 439 g/mol. The van der Waals surface area contributed by atoms with Gasteiger partial charge in [-0.25, -0.2) is 0 Å². The molecule has 2 heterocycles. The molecule has 0 bridgehead atoms. The van der Waals surface area contributed by atoms with Crippen LogP contribution < -0.4 is 4.74 Å². The van der Waals surface area contributed by atoms with Crippen molar-refractivity contribution in [3.05, 3.63) is 87.8 Å². The Morgan fingerprint density at radius 3 is 2.58 bits per heavy atom. The van der Waals surface area contributed by atoms with Crippen molar-refractivity contribution in [1.82, 2.24) is 9.80 Å². The highest BCUT2D eigenvalue weighted by atomic mass is 35.5. The number of piperazine rings is 1. The van der Waals surface area contributed by atoms with Gasteiger partial charge in [-0.1, -0.05) is 41.4 Å². The van der Waals surface area contributed by atoms with Crippen molar-refractivity contribution in [2.75, 3.05) is 26.2 Å². The fourth-order valence-electron chi connectivity index (χ4n) is 3.83. The van der Waals surface area contributed by atoms with Crippen LogP contribution in [0.5, 0.6) is 5.75 Å². The third-order valence-corrected chi connectivity index (χ3v) is 5.76. The number of rotatable bonds is 6. The van der Waals surface area contributed by atoms with Gasteiger partial charge in [-0.05, 0) is 55.3 Å². The van der Waals surface area contributed by atoms with Gasteiger partial charge in [0.15, 0.2) is 5.76 Å². The van der Waals surface area contributed by atoms with Crippen molar-refractivity contribution in [2.24, 2.45) is 0 Å². The molecule has 162 valence electrons. The topological polar surface area (TPSA) is 45.9 Å². The summed E-state index contributed by atoms with van der Waals surface area (Å²) in [6.07, 6.45) is 0. The van der Waals surface area contributed by atoms with E-state index in [9.17, 15) is 4.79 Å². The van der Waals surface area contributed by atoms with E-state index in [1.807, 2.05) is 24.0 Å². The Balaban J connectivity index is 1.29. The fraction of sp³-hybridized carbons (Fsp3) is 0.320. The highest BCUT2D eigenvalue weighted by molar-refractivity contribution is 6.30. The van der Waals surface area contributed by atoms with E-state index in [0.29, 0.717) is 29.6 Å². The number of ether oxygens (including phenoxy) is 1. The monoisotopic (exact) mass is 438 g/mol. The minimum atomic E-state index is -0.0656. The van der Waals surface area contributed by atoms with Crippen molar-refractivity contribution < 1.29 is 13.9 Å². The van der Waals surface area contributed by atoms with Crippen LogP contribution in [-0.4, -0.2) is 41.9 Å². The molecule has 1 amide bonds. The second kappa shape index (κ2) is 9.58. The molecular weight excluding hydrogens is 412 g/mol. The molecule has 1 fully saturated rings. The summed E-state index contributed by atoms with van der Waals surface area (Å²) in [5.74, 6) is 1.66. The molecule has 1 aliphatic rings. The molecule has 0 spiro atoms. The van der Waals surface area contributed by atoms with Gasteiger partial charge in [0.2, 0.25) is 0 Å². The lowest BCUT2D eigenvalue weighted by Crippen LogP contribution is -2.48. The third-order valence-electron chi connectivity index (χ3n) is 5.53. The minimum absolute atomic E-state index is 0.0656. The quantitative estimate of drug-likeness (QED) is 0.538. The van der Waals surface area contributed by atoms with Crippen molar-refractivity contribution in [1.29, 1.82) is 0 Å². The largest absolute Gasteiger partial charge is 0.485 e. The van der Waals surface area contributed by atoms with Gasteiger partial charge in [-0.2, -0.15) is 0 Å². The Bertz CT molecular complexity index is 1050. The lowest BCUT2D eigenvalue weighted by Gasteiger charge is -2.34. The zero-order valence-electron chi connectivity index (χ0n) is 17.9. The maximum Gasteiger partial charge on any atom is 0.289 e.